The molecule has 0 spiro atoms. The highest BCUT2D eigenvalue weighted by Gasteiger charge is 2.25. The molecule has 2 unspecified atom stereocenters. The zero-order valence-corrected chi connectivity index (χ0v) is 17.4. The number of nitro benzene ring substituents is 1. The third kappa shape index (κ3) is 5.41. The standard InChI is InChI=1S/C17H20N4O3S2.ClH/c1-10-8-18-6-5-13(10)20-16(22)12-3-4-15(14(7-12)21(23)24)26-17-19-11(2)9-25-17;/h3-4,7,9-10,13,18H,5-6,8H2,1-2H3,(H,20,22);1H. The Morgan fingerprint density at radius 3 is 2.89 bits per heavy atom. The average molecular weight is 429 g/mol. The predicted octanol–water partition coefficient (Wildman–Crippen LogP) is 3.66. The number of carbonyl (C=O) groups excluding carboxylic acids is 1. The van der Waals surface area contributed by atoms with Crippen LogP contribution in [0, 0.1) is 23.0 Å². The van der Waals surface area contributed by atoms with E-state index in [9.17, 15) is 14.9 Å². The molecule has 2 N–H and O–H groups in total. The lowest BCUT2D eigenvalue weighted by molar-refractivity contribution is -0.387. The number of aromatic nitrogens is 1. The van der Waals surface area contributed by atoms with E-state index in [2.05, 4.69) is 22.5 Å². The second-order valence-corrected chi connectivity index (χ2v) is 8.49. The summed E-state index contributed by atoms with van der Waals surface area (Å²) >= 11 is 2.69. The molecule has 1 aliphatic rings. The van der Waals surface area contributed by atoms with Crippen LogP contribution in [0.25, 0.3) is 0 Å². The normalized spacial score (nSPS) is 19.2. The number of halogens is 1. The van der Waals surface area contributed by atoms with E-state index in [0.717, 1.165) is 29.5 Å². The molecule has 1 saturated heterocycles. The molecule has 0 bridgehead atoms. The van der Waals surface area contributed by atoms with Gasteiger partial charge in [-0.25, -0.2) is 4.98 Å². The maximum atomic E-state index is 12.5. The SMILES string of the molecule is Cc1csc(Sc2ccc(C(=O)NC3CCNCC3C)cc2[N+](=O)[O-])n1.Cl. The Hall–Kier alpha value is -1.68. The fourth-order valence-electron chi connectivity index (χ4n) is 2.84. The molecular weight excluding hydrogens is 408 g/mol. The number of benzene rings is 1. The van der Waals surface area contributed by atoms with E-state index in [1.807, 2.05) is 12.3 Å². The number of nitrogens with one attached hydrogen (secondary N) is 2. The van der Waals surface area contributed by atoms with Crippen molar-refractivity contribution in [3.8, 4) is 0 Å². The molecule has 146 valence electrons. The van der Waals surface area contributed by atoms with Crippen molar-refractivity contribution in [2.75, 3.05) is 13.1 Å². The summed E-state index contributed by atoms with van der Waals surface area (Å²) in [6.07, 6.45) is 0.854. The number of carbonyl (C=O) groups is 1. The molecule has 2 atom stereocenters. The number of hydrogen-bond acceptors (Lipinski definition) is 7. The first-order valence-electron chi connectivity index (χ1n) is 8.34. The van der Waals surface area contributed by atoms with E-state index in [4.69, 9.17) is 0 Å². The topological polar surface area (TPSA) is 97.2 Å². The van der Waals surface area contributed by atoms with E-state index in [1.165, 1.54) is 29.2 Å². The maximum Gasteiger partial charge on any atom is 0.284 e. The van der Waals surface area contributed by atoms with E-state index >= 15 is 0 Å². The van der Waals surface area contributed by atoms with Gasteiger partial charge in [0.05, 0.1) is 9.82 Å². The Kier molecular flexibility index (Phi) is 7.60. The number of aryl methyl sites for hydroxylation is 1. The molecule has 0 saturated carbocycles. The highest BCUT2D eigenvalue weighted by atomic mass is 35.5. The lowest BCUT2D eigenvalue weighted by atomic mass is 9.95. The Morgan fingerprint density at radius 2 is 2.26 bits per heavy atom. The van der Waals surface area contributed by atoms with Gasteiger partial charge in [-0.05, 0) is 44.5 Å². The van der Waals surface area contributed by atoms with Crippen molar-refractivity contribution in [1.29, 1.82) is 0 Å². The Balaban J connectivity index is 0.00000261. The van der Waals surface area contributed by atoms with E-state index in [1.54, 1.807) is 12.1 Å². The Labute approximate surface area is 171 Å². The van der Waals surface area contributed by atoms with Crippen LogP contribution in [0.1, 0.15) is 29.4 Å². The molecule has 3 rings (SSSR count). The van der Waals surface area contributed by atoms with Crippen molar-refractivity contribution >= 4 is 47.1 Å². The zero-order chi connectivity index (χ0) is 18.7. The molecule has 1 aliphatic heterocycles. The Morgan fingerprint density at radius 1 is 1.48 bits per heavy atom. The van der Waals surface area contributed by atoms with E-state index in [0.29, 0.717) is 16.4 Å². The van der Waals surface area contributed by atoms with Crippen LogP contribution in [-0.2, 0) is 0 Å². The fraction of sp³-hybridized carbons (Fsp3) is 0.412. The van der Waals surface area contributed by atoms with Crippen molar-refractivity contribution in [1.82, 2.24) is 15.6 Å². The first-order chi connectivity index (χ1) is 12.4. The van der Waals surface area contributed by atoms with Crippen molar-refractivity contribution in [3.63, 3.8) is 0 Å². The second-order valence-electron chi connectivity index (χ2n) is 6.35. The monoisotopic (exact) mass is 428 g/mol. The number of nitro groups is 1. The van der Waals surface area contributed by atoms with Gasteiger partial charge < -0.3 is 10.6 Å². The fourth-order valence-corrected chi connectivity index (χ4v) is 4.72. The summed E-state index contributed by atoms with van der Waals surface area (Å²) in [5, 5.41) is 19.7. The third-order valence-corrected chi connectivity index (χ3v) is 6.44. The quantitative estimate of drug-likeness (QED) is 0.557. The number of thiazole rings is 1. The molecule has 10 heteroatoms. The van der Waals surface area contributed by atoms with Crippen molar-refractivity contribution in [2.24, 2.45) is 5.92 Å². The summed E-state index contributed by atoms with van der Waals surface area (Å²) in [6, 6.07) is 4.69. The summed E-state index contributed by atoms with van der Waals surface area (Å²) in [5.74, 6) is 0.0548. The van der Waals surface area contributed by atoms with Gasteiger partial charge in [0.25, 0.3) is 11.6 Å². The van der Waals surface area contributed by atoms with Crippen LogP contribution < -0.4 is 10.6 Å². The summed E-state index contributed by atoms with van der Waals surface area (Å²) in [7, 11) is 0. The van der Waals surface area contributed by atoms with Gasteiger partial charge in [0, 0.05) is 28.7 Å². The highest BCUT2D eigenvalue weighted by Crippen LogP contribution is 2.36. The maximum absolute atomic E-state index is 12.5. The molecule has 1 aromatic heterocycles. The van der Waals surface area contributed by atoms with Gasteiger partial charge in [-0.3, -0.25) is 14.9 Å². The number of amides is 1. The smallest absolute Gasteiger partial charge is 0.284 e. The first kappa shape index (κ1) is 21.6. The third-order valence-electron chi connectivity index (χ3n) is 4.31. The van der Waals surface area contributed by atoms with Gasteiger partial charge >= 0.3 is 0 Å². The van der Waals surface area contributed by atoms with Crippen molar-refractivity contribution < 1.29 is 9.72 Å². The summed E-state index contributed by atoms with van der Waals surface area (Å²) in [6.45, 7) is 5.67. The molecule has 1 amide bonds. The van der Waals surface area contributed by atoms with Gasteiger partial charge in [-0.2, -0.15) is 0 Å². The van der Waals surface area contributed by atoms with Crippen LogP contribution in [0.2, 0.25) is 0 Å². The number of piperidine rings is 1. The van der Waals surface area contributed by atoms with Crippen LogP contribution in [0.3, 0.4) is 0 Å². The van der Waals surface area contributed by atoms with Crippen LogP contribution in [0.5, 0.6) is 0 Å². The minimum Gasteiger partial charge on any atom is -0.349 e. The zero-order valence-electron chi connectivity index (χ0n) is 14.9. The van der Waals surface area contributed by atoms with Gasteiger partial charge in [0.2, 0.25) is 0 Å². The van der Waals surface area contributed by atoms with Crippen LogP contribution in [0.4, 0.5) is 5.69 Å². The first-order valence-corrected chi connectivity index (χ1v) is 10.0. The predicted molar refractivity (Wildman–Crippen MR) is 109 cm³/mol. The molecule has 0 radical (unpaired) electrons. The van der Waals surface area contributed by atoms with Crippen LogP contribution in [0.15, 0.2) is 32.8 Å². The molecule has 27 heavy (non-hydrogen) atoms. The largest absolute Gasteiger partial charge is 0.349 e. The number of rotatable bonds is 5. The average Bonchev–Trinajstić information content (AvgIpc) is 3.02. The Bertz CT molecular complexity index is 830. The molecule has 7 nitrogen and oxygen atoms in total. The van der Waals surface area contributed by atoms with Crippen molar-refractivity contribution in [3.05, 3.63) is 45.0 Å². The molecule has 1 aromatic carbocycles. The van der Waals surface area contributed by atoms with Gasteiger partial charge in [0.1, 0.15) is 0 Å². The van der Waals surface area contributed by atoms with E-state index in [-0.39, 0.29) is 30.0 Å². The van der Waals surface area contributed by atoms with E-state index < -0.39 is 4.92 Å². The lowest BCUT2D eigenvalue weighted by Crippen LogP contribution is -2.48. The van der Waals surface area contributed by atoms with Crippen LogP contribution in [-0.4, -0.2) is 34.9 Å². The molecule has 2 heterocycles. The minimum atomic E-state index is -0.452. The molecule has 0 aliphatic carbocycles. The van der Waals surface area contributed by atoms with Crippen molar-refractivity contribution in [2.45, 2.75) is 35.5 Å². The van der Waals surface area contributed by atoms with Gasteiger partial charge in [-0.1, -0.05) is 18.7 Å². The number of hydrogen-bond donors (Lipinski definition) is 2. The number of nitrogens with zero attached hydrogens (tertiary/aromatic N) is 2. The summed E-state index contributed by atoms with van der Waals surface area (Å²) < 4.78 is 0.742. The molecular formula is C17H21ClN4O3S2. The summed E-state index contributed by atoms with van der Waals surface area (Å²) in [4.78, 5) is 28.4. The molecule has 2 aromatic rings. The highest BCUT2D eigenvalue weighted by molar-refractivity contribution is 8.01. The minimum absolute atomic E-state index is 0. The van der Waals surface area contributed by atoms with Gasteiger partial charge in [0.15, 0.2) is 4.34 Å². The van der Waals surface area contributed by atoms with Crippen LogP contribution >= 0.6 is 35.5 Å². The molecule has 1 fully saturated rings. The lowest BCUT2D eigenvalue weighted by Gasteiger charge is -2.30. The second kappa shape index (κ2) is 9.50. The van der Waals surface area contributed by atoms with Gasteiger partial charge in [-0.15, -0.1) is 23.7 Å². The summed E-state index contributed by atoms with van der Waals surface area (Å²) in [5.41, 5.74) is 1.11.